The maximum atomic E-state index is 12.1. The van der Waals surface area contributed by atoms with E-state index in [1.807, 2.05) is 0 Å². The molecule has 2 heterocycles. The summed E-state index contributed by atoms with van der Waals surface area (Å²) in [5.41, 5.74) is 0. The predicted octanol–water partition coefficient (Wildman–Crippen LogP) is 1.94. The second kappa shape index (κ2) is 7.71. The van der Waals surface area contributed by atoms with Crippen molar-refractivity contribution in [3.8, 4) is 0 Å². The Balaban J connectivity index is 1.72. The molecule has 1 fully saturated rings. The van der Waals surface area contributed by atoms with E-state index in [-0.39, 0.29) is 11.9 Å². The van der Waals surface area contributed by atoms with Crippen molar-refractivity contribution in [3.63, 3.8) is 0 Å². The summed E-state index contributed by atoms with van der Waals surface area (Å²) in [4.78, 5) is 27.5. The second-order valence-electron chi connectivity index (χ2n) is 5.20. The number of nitrogens with zero attached hydrogens (tertiary/aromatic N) is 2. The standard InChI is InChI=1S/C15H23N3O3/c1-2-3-4-7-16-15(20)18-10-8-17(9-11-18)14(19)13-6-5-12-21-13/h5-6,12H,2-4,7-11H2,1H3,(H,16,20). The van der Waals surface area contributed by atoms with Gasteiger partial charge in [0.05, 0.1) is 6.26 Å². The summed E-state index contributed by atoms with van der Waals surface area (Å²) in [7, 11) is 0. The highest BCUT2D eigenvalue weighted by molar-refractivity contribution is 5.91. The fraction of sp³-hybridized carbons (Fsp3) is 0.600. The molecule has 2 rings (SSSR count). The average molecular weight is 293 g/mol. The molecule has 1 N–H and O–H groups in total. The molecule has 1 aromatic rings. The fourth-order valence-corrected chi connectivity index (χ4v) is 2.35. The largest absolute Gasteiger partial charge is 0.459 e. The Morgan fingerprint density at radius 1 is 1.19 bits per heavy atom. The SMILES string of the molecule is CCCCCNC(=O)N1CCN(C(=O)c2ccco2)CC1. The highest BCUT2D eigenvalue weighted by Crippen LogP contribution is 2.09. The van der Waals surface area contributed by atoms with Crippen LogP contribution in [0.15, 0.2) is 22.8 Å². The second-order valence-corrected chi connectivity index (χ2v) is 5.20. The van der Waals surface area contributed by atoms with Gasteiger partial charge < -0.3 is 19.5 Å². The maximum Gasteiger partial charge on any atom is 0.317 e. The Labute approximate surface area is 125 Å². The first-order chi connectivity index (χ1) is 10.2. The number of unbranched alkanes of at least 4 members (excludes halogenated alkanes) is 2. The molecule has 0 saturated carbocycles. The third-order valence-electron chi connectivity index (χ3n) is 3.64. The van der Waals surface area contributed by atoms with E-state index in [1.54, 1.807) is 21.9 Å². The van der Waals surface area contributed by atoms with Crippen molar-refractivity contribution in [2.75, 3.05) is 32.7 Å². The van der Waals surface area contributed by atoms with Gasteiger partial charge in [-0.2, -0.15) is 0 Å². The Morgan fingerprint density at radius 3 is 2.52 bits per heavy atom. The van der Waals surface area contributed by atoms with Crippen molar-refractivity contribution in [2.24, 2.45) is 0 Å². The summed E-state index contributed by atoms with van der Waals surface area (Å²) >= 11 is 0. The summed E-state index contributed by atoms with van der Waals surface area (Å²) in [6.07, 6.45) is 4.78. The molecule has 0 aliphatic carbocycles. The van der Waals surface area contributed by atoms with Gasteiger partial charge in [-0.1, -0.05) is 19.8 Å². The molecule has 1 aromatic heterocycles. The number of carbonyl (C=O) groups excluding carboxylic acids is 2. The van der Waals surface area contributed by atoms with Gasteiger partial charge in [-0.3, -0.25) is 4.79 Å². The van der Waals surface area contributed by atoms with Gasteiger partial charge in [-0.25, -0.2) is 4.79 Å². The van der Waals surface area contributed by atoms with Gasteiger partial charge in [-0.05, 0) is 18.6 Å². The van der Waals surface area contributed by atoms with Crippen LogP contribution in [0.3, 0.4) is 0 Å². The number of rotatable bonds is 5. The number of piperazine rings is 1. The molecule has 1 saturated heterocycles. The molecule has 6 heteroatoms. The Morgan fingerprint density at radius 2 is 1.90 bits per heavy atom. The van der Waals surface area contributed by atoms with Crippen molar-refractivity contribution in [1.29, 1.82) is 0 Å². The van der Waals surface area contributed by atoms with Crippen molar-refractivity contribution >= 4 is 11.9 Å². The third-order valence-corrected chi connectivity index (χ3v) is 3.64. The quantitative estimate of drug-likeness (QED) is 0.844. The van der Waals surface area contributed by atoms with Crippen LogP contribution in [0.25, 0.3) is 0 Å². The number of urea groups is 1. The van der Waals surface area contributed by atoms with Crippen LogP contribution in [0, 0.1) is 0 Å². The zero-order valence-corrected chi connectivity index (χ0v) is 12.5. The number of nitrogens with one attached hydrogen (secondary N) is 1. The summed E-state index contributed by atoms with van der Waals surface area (Å²) < 4.78 is 5.11. The maximum absolute atomic E-state index is 12.1. The highest BCUT2D eigenvalue weighted by Gasteiger charge is 2.25. The molecule has 0 spiro atoms. The minimum Gasteiger partial charge on any atom is -0.459 e. The lowest BCUT2D eigenvalue weighted by Gasteiger charge is -2.34. The topological polar surface area (TPSA) is 65.8 Å². The van der Waals surface area contributed by atoms with Crippen LogP contribution in [0.2, 0.25) is 0 Å². The Kier molecular flexibility index (Phi) is 5.66. The van der Waals surface area contributed by atoms with E-state index in [0.717, 1.165) is 25.8 Å². The first-order valence-electron chi connectivity index (χ1n) is 7.58. The van der Waals surface area contributed by atoms with Gasteiger partial charge in [0.2, 0.25) is 0 Å². The number of amides is 3. The monoisotopic (exact) mass is 293 g/mol. The van der Waals surface area contributed by atoms with Gasteiger partial charge in [0.25, 0.3) is 5.91 Å². The van der Waals surface area contributed by atoms with Gasteiger partial charge in [-0.15, -0.1) is 0 Å². The molecule has 21 heavy (non-hydrogen) atoms. The van der Waals surface area contributed by atoms with Gasteiger partial charge >= 0.3 is 6.03 Å². The van der Waals surface area contributed by atoms with E-state index in [4.69, 9.17) is 4.42 Å². The molecule has 1 aliphatic rings. The number of furan rings is 1. The molecular weight excluding hydrogens is 270 g/mol. The van der Waals surface area contributed by atoms with Crippen LogP contribution in [0.4, 0.5) is 4.79 Å². The molecule has 116 valence electrons. The van der Waals surface area contributed by atoms with E-state index in [9.17, 15) is 9.59 Å². The average Bonchev–Trinajstić information content (AvgIpc) is 3.05. The summed E-state index contributed by atoms with van der Waals surface area (Å²) in [6, 6.07) is 3.33. The Hall–Kier alpha value is -1.98. The van der Waals surface area contributed by atoms with E-state index >= 15 is 0 Å². The Bertz CT molecular complexity index is 451. The molecule has 0 unspecified atom stereocenters. The first kappa shape index (κ1) is 15.4. The van der Waals surface area contributed by atoms with Crippen LogP contribution in [-0.4, -0.2) is 54.5 Å². The van der Waals surface area contributed by atoms with Crippen LogP contribution >= 0.6 is 0 Å². The zero-order chi connectivity index (χ0) is 15.1. The summed E-state index contributed by atoms with van der Waals surface area (Å²) in [6.45, 7) is 5.07. The normalized spacial score (nSPS) is 15.1. The predicted molar refractivity (Wildman–Crippen MR) is 79.1 cm³/mol. The van der Waals surface area contributed by atoms with Crippen LogP contribution in [0.1, 0.15) is 36.7 Å². The summed E-state index contributed by atoms with van der Waals surface area (Å²) in [5.74, 6) is 0.246. The molecule has 6 nitrogen and oxygen atoms in total. The highest BCUT2D eigenvalue weighted by atomic mass is 16.3. The van der Waals surface area contributed by atoms with Crippen molar-refractivity contribution in [3.05, 3.63) is 24.2 Å². The minimum absolute atomic E-state index is 0.0313. The van der Waals surface area contributed by atoms with E-state index in [1.165, 1.54) is 6.26 Å². The molecule has 0 atom stereocenters. The lowest BCUT2D eigenvalue weighted by molar-refractivity contribution is 0.0634. The van der Waals surface area contributed by atoms with Crippen LogP contribution in [-0.2, 0) is 0 Å². The molecule has 0 radical (unpaired) electrons. The lowest BCUT2D eigenvalue weighted by Crippen LogP contribution is -2.53. The number of hydrogen-bond acceptors (Lipinski definition) is 3. The van der Waals surface area contributed by atoms with Gasteiger partial charge in [0.15, 0.2) is 5.76 Å². The zero-order valence-electron chi connectivity index (χ0n) is 12.5. The van der Waals surface area contributed by atoms with Gasteiger partial charge in [0, 0.05) is 32.7 Å². The first-order valence-corrected chi connectivity index (χ1v) is 7.58. The molecule has 1 aliphatic heterocycles. The molecular formula is C15H23N3O3. The molecule has 0 aromatic carbocycles. The van der Waals surface area contributed by atoms with Crippen molar-refractivity contribution in [1.82, 2.24) is 15.1 Å². The van der Waals surface area contributed by atoms with Crippen molar-refractivity contribution in [2.45, 2.75) is 26.2 Å². The fourth-order valence-electron chi connectivity index (χ4n) is 2.35. The number of carbonyl (C=O) groups is 2. The smallest absolute Gasteiger partial charge is 0.317 e. The minimum atomic E-state index is -0.108. The third kappa shape index (κ3) is 4.24. The molecule has 3 amide bonds. The van der Waals surface area contributed by atoms with Crippen molar-refractivity contribution < 1.29 is 14.0 Å². The van der Waals surface area contributed by atoms with E-state index in [0.29, 0.717) is 31.9 Å². The van der Waals surface area contributed by atoms with E-state index in [2.05, 4.69) is 12.2 Å². The van der Waals surface area contributed by atoms with Gasteiger partial charge in [0.1, 0.15) is 0 Å². The number of hydrogen-bond donors (Lipinski definition) is 1. The van der Waals surface area contributed by atoms with Crippen LogP contribution in [0.5, 0.6) is 0 Å². The lowest BCUT2D eigenvalue weighted by atomic mass is 10.2. The van der Waals surface area contributed by atoms with E-state index < -0.39 is 0 Å². The van der Waals surface area contributed by atoms with Crippen LogP contribution < -0.4 is 5.32 Å². The summed E-state index contributed by atoms with van der Waals surface area (Å²) in [5, 5.41) is 2.92. The molecule has 0 bridgehead atoms.